The molecule has 5 atom stereocenters. The van der Waals surface area contributed by atoms with Crippen LogP contribution < -0.4 is 0 Å². The standard InChI is InChI=1S/C27H39NO3/c1-19-8-7-10-21(14-19)18-27(2,31)13-12-23-24-16-20(15-22(24)17-25(23)29)9-5-6-11-26(30)28(3)4/h7-8,10,12-15,22-25,29,31H,5-6,9,11,16-18H2,1-4H3/t22-,23+,24-,25+,27-/m0/s1. The largest absolute Gasteiger partial charge is 0.392 e. The molecule has 2 N–H and O–H groups in total. The van der Waals surface area contributed by atoms with Crippen molar-refractivity contribution in [2.75, 3.05) is 14.1 Å². The van der Waals surface area contributed by atoms with Gasteiger partial charge in [0.05, 0.1) is 11.7 Å². The van der Waals surface area contributed by atoms with Crippen molar-refractivity contribution in [2.45, 2.75) is 70.5 Å². The zero-order valence-electron chi connectivity index (χ0n) is 19.6. The van der Waals surface area contributed by atoms with Crippen LogP contribution in [0.1, 0.15) is 56.6 Å². The molecule has 2 aliphatic carbocycles. The molecular weight excluding hydrogens is 386 g/mol. The van der Waals surface area contributed by atoms with Gasteiger partial charge in [0, 0.05) is 32.9 Å². The van der Waals surface area contributed by atoms with E-state index >= 15 is 0 Å². The van der Waals surface area contributed by atoms with E-state index in [-0.39, 0.29) is 17.9 Å². The number of allylic oxidation sites excluding steroid dienone is 2. The lowest BCUT2D eigenvalue weighted by atomic mass is 9.86. The first-order valence-electron chi connectivity index (χ1n) is 11.7. The summed E-state index contributed by atoms with van der Waals surface area (Å²) >= 11 is 0. The fourth-order valence-corrected chi connectivity index (χ4v) is 5.26. The molecule has 0 radical (unpaired) electrons. The number of benzene rings is 1. The third-order valence-corrected chi connectivity index (χ3v) is 6.91. The second-order valence-electron chi connectivity index (χ2n) is 10.1. The third kappa shape index (κ3) is 6.54. The average molecular weight is 426 g/mol. The number of aliphatic hydroxyl groups is 2. The van der Waals surface area contributed by atoms with E-state index in [0.717, 1.165) is 37.7 Å². The summed E-state index contributed by atoms with van der Waals surface area (Å²) in [5, 5.41) is 21.5. The monoisotopic (exact) mass is 425 g/mol. The van der Waals surface area contributed by atoms with Crippen molar-refractivity contribution in [3.63, 3.8) is 0 Å². The van der Waals surface area contributed by atoms with Gasteiger partial charge in [-0.1, -0.05) is 53.6 Å². The molecular formula is C27H39NO3. The number of aryl methyl sites for hydroxylation is 1. The average Bonchev–Trinajstić information content (AvgIpc) is 3.19. The van der Waals surface area contributed by atoms with Crippen LogP contribution in [0.4, 0.5) is 0 Å². The Morgan fingerprint density at radius 3 is 2.77 bits per heavy atom. The fraction of sp³-hybridized carbons (Fsp3) is 0.593. The van der Waals surface area contributed by atoms with Gasteiger partial charge in [-0.15, -0.1) is 0 Å². The summed E-state index contributed by atoms with van der Waals surface area (Å²) < 4.78 is 0. The number of hydrogen-bond acceptors (Lipinski definition) is 3. The Morgan fingerprint density at radius 2 is 2.06 bits per heavy atom. The van der Waals surface area contributed by atoms with Crippen LogP contribution >= 0.6 is 0 Å². The van der Waals surface area contributed by atoms with E-state index in [0.29, 0.717) is 24.7 Å². The molecule has 2 aliphatic rings. The summed E-state index contributed by atoms with van der Waals surface area (Å²) in [5.74, 6) is 1.16. The lowest BCUT2D eigenvalue weighted by Crippen LogP contribution is -2.26. The number of unbranched alkanes of at least 4 members (excludes halogenated alkanes) is 1. The number of nitrogens with zero attached hydrogens (tertiary/aromatic N) is 1. The summed E-state index contributed by atoms with van der Waals surface area (Å²) in [6, 6.07) is 8.25. The topological polar surface area (TPSA) is 60.8 Å². The van der Waals surface area contributed by atoms with Gasteiger partial charge in [-0.2, -0.15) is 0 Å². The van der Waals surface area contributed by atoms with Gasteiger partial charge in [0.15, 0.2) is 0 Å². The van der Waals surface area contributed by atoms with Gasteiger partial charge in [-0.05, 0) is 63.4 Å². The van der Waals surface area contributed by atoms with Gasteiger partial charge in [-0.3, -0.25) is 4.79 Å². The Hall–Kier alpha value is -1.91. The Bertz CT molecular complexity index is 824. The van der Waals surface area contributed by atoms with E-state index in [2.05, 4.69) is 37.3 Å². The number of hydrogen-bond donors (Lipinski definition) is 2. The Labute approximate surface area is 187 Å². The lowest BCUT2D eigenvalue weighted by Gasteiger charge is -2.23. The van der Waals surface area contributed by atoms with Gasteiger partial charge >= 0.3 is 0 Å². The molecule has 0 heterocycles. The fourth-order valence-electron chi connectivity index (χ4n) is 5.26. The maximum Gasteiger partial charge on any atom is 0.222 e. The number of fused-ring (bicyclic) bond motifs is 1. The number of amides is 1. The Balaban J connectivity index is 1.52. The first-order valence-corrected chi connectivity index (χ1v) is 11.7. The van der Waals surface area contributed by atoms with Gasteiger partial charge in [0.1, 0.15) is 0 Å². The van der Waals surface area contributed by atoms with Crippen molar-refractivity contribution in [2.24, 2.45) is 17.8 Å². The molecule has 0 aliphatic heterocycles. The molecule has 4 nitrogen and oxygen atoms in total. The molecule has 4 heteroatoms. The molecule has 170 valence electrons. The molecule has 31 heavy (non-hydrogen) atoms. The van der Waals surface area contributed by atoms with Crippen molar-refractivity contribution in [1.29, 1.82) is 0 Å². The Morgan fingerprint density at radius 1 is 1.29 bits per heavy atom. The van der Waals surface area contributed by atoms with Gasteiger partial charge in [0.25, 0.3) is 0 Å². The highest BCUT2D eigenvalue weighted by Crippen LogP contribution is 2.48. The van der Waals surface area contributed by atoms with Crippen LogP contribution in [0.3, 0.4) is 0 Å². The van der Waals surface area contributed by atoms with E-state index in [1.807, 2.05) is 19.1 Å². The summed E-state index contributed by atoms with van der Waals surface area (Å²) in [6.07, 6.45) is 12.0. The summed E-state index contributed by atoms with van der Waals surface area (Å²) in [6.45, 7) is 3.91. The molecule has 0 bridgehead atoms. The highest BCUT2D eigenvalue weighted by atomic mass is 16.3. The van der Waals surface area contributed by atoms with E-state index in [1.165, 1.54) is 11.1 Å². The van der Waals surface area contributed by atoms with E-state index < -0.39 is 5.60 Å². The number of carbonyl (C=O) groups is 1. The molecule has 0 unspecified atom stereocenters. The molecule has 0 spiro atoms. The number of aliphatic hydroxyl groups excluding tert-OH is 1. The minimum atomic E-state index is -0.931. The van der Waals surface area contributed by atoms with Crippen LogP contribution in [-0.2, 0) is 11.2 Å². The van der Waals surface area contributed by atoms with Crippen LogP contribution in [0.25, 0.3) is 0 Å². The normalized spacial score (nSPS) is 27.2. The quantitative estimate of drug-likeness (QED) is 0.454. The van der Waals surface area contributed by atoms with E-state index in [9.17, 15) is 15.0 Å². The van der Waals surface area contributed by atoms with Crippen molar-refractivity contribution in [3.8, 4) is 0 Å². The summed E-state index contributed by atoms with van der Waals surface area (Å²) in [7, 11) is 3.61. The maximum atomic E-state index is 11.7. The van der Waals surface area contributed by atoms with Crippen LogP contribution in [0, 0.1) is 24.7 Å². The van der Waals surface area contributed by atoms with Gasteiger partial charge in [0.2, 0.25) is 5.91 Å². The molecule has 0 aromatic heterocycles. The summed E-state index contributed by atoms with van der Waals surface area (Å²) in [5.41, 5.74) is 2.86. The van der Waals surface area contributed by atoms with Crippen LogP contribution in [0.15, 0.2) is 48.1 Å². The SMILES string of the molecule is Cc1cccc(C[C@@](C)(O)C=C[C@@H]2[C@H]3CC(CCCCC(=O)N(C)C)=C[C@H]3C[C@H]2O)c1. The minimum Gasteiger partial charge on any atom is -0.392 e. The third-order valence-electron chi connectivity index (χ3n) is 6.91. The molecule has 0 saturated heterocycles. The first-order chi connectivity index (χ1) is 14.6. The van der Waals surface area contributed by atoms with Crippen molar-refractivity contribution >= 4 is 5.91 Å². The maximum absolute atomic E-state index is 11.7. The van der Waals surface area contributed by atoms with Crippen LogP contribution in [0.2, 0.25) is 0 Å². The van der Waals surface area contributed by atoms with Crippen molar-refractivity contribution in [3.05, 3.63) is 59.2 Å². The predicted molar refractivity (Wildman–Crippen MR) is 126 cm³/mol. The van der Waals surface area contributed by atoms with Crippen molar-refractivity contribution in [1.82, 2.24) is 4.90 Å². The highest BCUT2D eigenvalue weighted by molar-refractivity contribution is 5.75. The minimum absolute atomic E-state index is 0.0954. The summed E-state index contributed by atoms with van der Waals surface area (Å²) in [4.78, 5) is 13.4. The number of carbonyl (C=O) groups excluding carboxylic acids is 1. The Kier molecular flexibility index (Phi) is 7.77. The highest BCUT2D eigenvalue weighted by Gasteiger charge is 2.43. The first kappa shape index (κ1) is 23.7. The second-order valence-corrected chi connectivity index (χ2v) is 10.1. The molecule has 1 fully saturated rings. The zero-order valence-corrected chi connectivity index (χ0v) is 19.6. The number of rotatable bonds is 9. The second kappa shape index (κ2) is 10.1. The lowest BCUT2D eigenvalue weighted by molar-refractivity contribution is -0.128. The molecule has 1 aromatic carbocycles. The molecule has 1 aromatic rings. The van der Waals surface area contributed by atoms with Gasteiger partial charge < -0.3 is 15.1 Å². The smallest absolute Gasteiger partial charge is 0.222 e. The van der Waals surface area contributed by atoms with Crippen LogP contribution in [0.5, 0.6) is 0 Å². The van der Waals surface area contributed by atoms with E-state index in [4.69, 9.17) is 0 Å². The van der Waals surface area contributed by atoms with Gasteiger partial charge in [-0.25, -0.2) is 0 Å². The zero-order chi connectivity index (χ0) is 22.6. The molecule has 3 rings (SSSR count). The predicted octanol–water partition coefficient (Wildman–Crippen LogP) is 4.44. The van der Waals surface area contributed by atoms with Crippen molar-refractivity contribution < 1.29 is 15.0 Å². The molecule has 1 saturated carbocycles. The van der Waals surface area contributed by atoms with Crippen LogP contribution in [-0.4, -0.2) is 46.8 Å². The van der Waals surface area contributed by atoms with E-state index in [1.54, 1.807) is 19.0 Å². The molecule has 1 amide bonds.